The predicted molar refractivity (Wildman–Crippen MR) is 87.8 cm³/mol. The van der Waals surface area contributed by atoms with Crippen molar-refractivity contribution in [2.45, 2.75) is 13.5 Å². The summed E-state index contributed by atoms with van der Waals surface area (Å²) in [7, 11) is 0. The Morgan fingerprint density at radius 2 is 2.00 bits per heavy atom. The van der Waals surface area contributed by atoms with Crippen molar-refractivity contribution < 1.29 is 4.74 Å². The van der Waals surface area contributed by atoms with Crippen molar-refractivity contribution in [3.8, 4) is 17.6 Å². The average molecular weight is 366 g/mol. The summed E-state index contributed by atoms with van der Waals surface area (Å²) in [5, 5.41) is 13.1. The Morgan fingerprint density at radius 1 is 1.24 bits per heavy atom. The Hall–Kier alpha value is -1.54. The van der Waals surface area contributed by atoms with Crippen LogP contribution in [-0.2, 0) is 6.54 Å². The van der Waals surface area contributed by atoms with E-state index in [1.54, 1.807) is 18.2 Å². The van der Waals surface area contributed by atoms with Crippen LogP contribution >= 0.6 is 27.5 Å². The van der Waals surface area contributed by atoms with Crippen molar-refractivity contribution in [2.75, 3.05) is 6.54 Å². The first-order chi connectivity index (χ1) is 10.1. The second-order valence-electron chi connectivity index (χ2n) is 4.40. The molecule has 2 aromatic rings. The zero-order valence-electron chi connectivity index (χ0n) is 11.5. The summed E-state index contributed by atoms with van der Waals surface area (Å²) in [5.74, 6) is 1.15. The molecule has 0 bridgehead atoms. The molecule has 0 unspecified atom stereocenters. The molecule has 5 heteroatoms. The van der Waals surface area contributed by atoms with E-state index in [9.17, 15) is 5.26 Å². The van der Waals surface area contributed by atoms with Crippen LogP contribution in [0.15, 0.2) is 40.9 Å². The Labute approximate surface area is 137 Å². The molecule has 0 saturated heterocycles. The van der Waals surface area contributed by atoms with Gasteiger partial charge in [0.1, 0.15) is 17.6 Å². The first-order valence-corrected chi connectivity index (χ1v) is 7.67. The Kier molecular flexibility index (Phi) is 5.63. The monoisotopic (exact) mass is 364 g/mol. The smallest absolute Gasteiger partial charge is 0.145 e. The summed E-state index contributed by atoms with van der Waals surface area (Å²) in [6, 6.07) is 13.0. The average Bonchev–Trinajstić information content (AvgIpc) is 2.48. The van der Waals surface area contributed by atoms with Crippen LogP contribution in [0.1, 0.15) is 18.1 Å². The molecule has 0 spiro atoms. The lowest BCUT2D eigenvalue weighted by Gasteiger charge is -2.11. The van der Waals surface area contributed by atoms with E-state index < -0.39 is 0 Å². The van der Waals surface area contributed by atoms with E-state index in [-0.39, 0.29) is 0 Å². The third-order valence-electron chi connectivity index (χ3n) is 2.86. The number of nitriles is 1. The Balaban J connectivity index is 2.25. The maximum atomic E-state index is 9.28. The molecule has 0 amide bonds. The van der Waals surface area contributed by atoms with Gasteiger partial charge in [-0.2, -0.15) is 5.26 Å². The van der Waals surface area contributed by atoms with Gasteiger partial charge in [0, 0.05) is 11.6 Å². The van der Waals surface area contributed by atoms with Gasteiger partial charge in [-0.05, 0) is 58.4 Å². The minimum absolute atomic E-state index is 0.507. The minimum atomic E-state index is 0.507. The van der Waals surface area contributed by atoms with Crippen molar-refractivity contribution >= 4 is 27.5 Å². The molecule has 108 valence electrons. The lowest BCUT2D eigenvalue weighted by molar-refractivity contribution is 0.477. The summed E-state index contributed by atoms with van der Waals surface area (Å²) in [4.78, 5) is 0. The van der Waals surface area contributed by atoms with Crippen LogP contribution < -0.4 is 10.1 Å². The quantitative estimate of drug-likeness (QED) is 0.821. The van der Waals surface area contributed by atoms with Gasteiger partial charge in [-0.25, -0.2) is 0 Å². The van der Waals surface area contributed by atoms with E-state index in [4.69, 9.17) is 16.3 Å². The summed E-state index contributed by atoms with van der Waals surface area (Å²) in [6.07, 6.45) is 0. The highest BCUT2D eigenvalue weighted by Gasteiger charge is 2.09. The van der Waals surface area contributed by atoms with Gasteiger partial charge in [-0.3, -0.25) is 0 Å². The molecule has 0 saturated carbocycles. The van der Waals surface area contributed by atoms with E-state index in [1.165, 1.54) is 0 Å². The van der Waals surface area contributed by atoms with Gasteiger partial charge >= 0.3 is 0 Å². The summed E-state index contributed by atoms with van der Waals surface area (Å²) in [5.41, 5.74) is 1.56. The van der Waals surface area contributed by atoms with E-state index in [2.05, 4.69) is 27.3 Å². The molecule has 0 aliphatic heterocycles. The zero-order valence-corrected chi connectivity index (χ0v) is 13.8. The highest BCUT2D eigenvalue weighted by molar-refractivity contribution is 9.10. The summed E-state index contributed by atoms with van der Waals surface area (Å²) in [6.45, 7) is 3.66. The third-order valence-corrected chi connectivity index (χ3v) is 3.71. The van der Waals surface area contributed by atoms with Crippen LogP contribution in [0.2, 0.25) is 5.02 Å². The molecular formula is C16H14BrClN2O. The van der Waals surface area contributed by atoms with Crippen molar-refractivity contribution in [3.05, 3.63) is 57.0 Å². The van der Waals surface area contributed by atoms with Crippen molar-refractivity contribution in [1.82, 2.24) is 5.32 Å². The van der Waals surface area contributed by atoms with Crippen LogP contribution in [0.5, 0.6) is 11.5 Å². The number of nitrogens with zero attached hydrogens (tertiary/aromatic N) is 1. The van der Waals surface area contributed by atoms with Gasteiger partial charge < -0.3 is 10.1 Å². The standard InChI is InChI=1S/C16H14BrClN2O/c1-2-20-10-11-3-5-15(12(7-11)9-19)21-16-6-4-13(18)8-14(16)17/h3-8,20H,2,10H2,1H3. The molecule has 0 heterocycles. The lowest BCUT2D eigenvalue weighted by atomic mass is 10.1. The molecule has 1 N–H and O–H groups in total. The first-order valence-electron chi connectivity index (χ1n) is 6.50. The van der Waals surface area contributed by atoms with Crippen LogP contribution in [0.4, 0.5) is 0 Å². The second-order valence-corrected chi connectivity index (χ2v) is 5.69. The summed E-state index contributed by atoms with van der Waals surface area (Å²) < 4.78 is 6.54. The number of hydrogen-bond donors (Lipinski definition) is 1. The van der Waals surface area contributed by atoms with Crippen molar-refractivity contribution in [1.29, 1.82) is 5.26 Å². The molecule has 2 aromatic carbocycles. The second kappa shape index (κ2) is 7.46. The predicted octanol–water partition coefficient (Wildman–Crippen LogP) is 4.88. The normalized spacial score (nSPS) is 10.2. The fraction of sp³-hybridized carbons (Fsp3) is 0.188. The molecule has 0 aliphatic rings. The number of rotatable bonds is 5. The third kappa shape index (κ3) is 4.21. The SMILES string of the molecule is CCNCc1ccc(Oc2ccc(Cl)cc2Br)c(C#N)c1. The number of ether oxygens (including phenoxy) is 1. The van der Waals surface area contributed by atoms with E-state index in [1.807, 2.05) is 25.1 Å². The molecule has 0 aromatic heterocycles. The largest absolute Gasteiger partial charge is 0.455 e. The van der Waals surface area contributed by atoms with Crippen molar-refractivity contribution in [2.24, 2.45) is 0 Å². The highest BCUT2D eigenvalue weighted by Crippen LogP contribution is 2.33. The topological polar surface area (TPSA) is 45.0 Å². The van der Waals surface area contributed by atoms with Crippen LogP contribution in [0.25, 0.3) is 0 Å². The van der Waals surface area contributed by atoms with E-state index >= 15 is 0 Å². The fourth-order valence-electron chi connectivity index (χ4n) is 1.81. The van der Waals surface area contributed by atoms with E-state index in [0.29, 0.717) is 22.1 Å². The maximum absolute atomic E-state index is 9.28. The molecule has 0 atom stereocenters. The Bertz CT molecular complexity index is 682. The van der Waals surface area contributed by atoms with Crippen LogP contribution in [0, 0.1) is 11.3 Å². The molecule has 21 heavy (non-hydrogen) atoms. The molecule has 2 rings (SSSR count). The van der Waals surface area contributed by atoms with Gasteiger partial charge in [0.05, 0.1) is 10.0 Å². The number of benzene rings is 2. The van der Waals surface area contributed by atoms with Gasteiger partial charge in [-0.1, -0.05) is 24.6 Å². The van der Waals surface area contributed by atoms with Gasteiger partial charge in [0.2, 0.25) is 0 Å². The number of nitrogens with one attached hydrogen (secondary N) is 1. The minimum Gasteiger partial charge on any atom is -0.455 e. The van der Waals surface area contributed by atoms with Crippen molar-refractivity contribution in [3.63, 3.8) is 0 Å². The zero-order chi connectivity index (χ0) is 15.2. The summed E-state index contributed by atoms with van der Waals surface area (Å²) >= 11 is 9.30. The highest BCUT2D eigenvalue weighted by atomic mass is 79.9. The number of hydrogen-bond acceptors (Lipinski definition) is 3. The van der Waals surface area contributed by atoms with Gasteiger partial charge in [0.15, 0.2) is 0 Å². The van der Waals surface area contributed by atoms with Gasteiger partial charge in [-0.15, -0.1) is 0 Å². The van der Waals surface area contributed by atoms with Crippen LogP contribution in [0.3, 0.4) is 0 Å². The molecule has 0 fully saturated rings. The van der Waals surface area contributed by atoms with Crippen LogP contribution in [-0.4, -0.2) is 6.54 Å². The molecule has 0 aliphatic carbocycles. The molecule has 3 nitrogen and oxygen atoms in total. The fourth-order valence-corrected chi connectivity index (χ4v) is 2.57. The van der Waals surface area contributed by atoms with Gasteiger partial charge in [0.25, 0.3) is 0 Å². The first kappa shape index (κ1) is 15.8. The maximum Gasteiger partial charge on any atom is 0.145 e. The molecular weight excluding hydrogens is 352 g/mol. The Morgan fingerprint density at radius 3 is 2.67 bits per heavy atom. The lowest BCUT2D eigenvalue weighted by Crippen LogP contribution is -2.11. The van der Waals surface area contributed by atoms with E-state index in [0.717, 1.165) is 23.1 Å². The number of halogens is 2. The molecule has 0 radical (unpaired) electrons.